The Bertz CT molecular complexity index is 525. The van der Waals surface area contributed by atoms with E-state index in [1.54, 1.807) is 7.05 Å². The minimum Gasteiger partial charge on any atom is -0.313 e. The summed E-state index contributed by atoms with van der Waals surface area (Å²) in [6.07, 6.45) is 1.65. The predicted octanol–water partition coefficient (Wildman–Crippen LogP) is 1.63. The number of hydrogen-bond acceptors (Lipinski definition) is 4. The summed E-state index contributed by atoms with van der Waals surface area (Å²) >= 11 is 6.01. The van der Waals surface area contributed by atoms with Gasteiger partial charge in [-0.15, -0.1) is 10.2 Å². The van der Waals surface area contributed by atoms with Crippen molar-refractivity contribution in [1.82, 2.24) is 25.5 Å². The number of aromatic nitrogens is 4. The smallest absolute Gasteiger partial charge is 0.176 e. The number of nitrogens with zero attached hydrogens (tertiary/aromatic N) is 4. The van der Waals surface area contributed by atoms with Gasteiger partial charge in [0.05, 0.1) is 7.05 Å². The highest BCUT2D eigenvalue weighted by molar-refractivity contribution is 6.30. The van der Waals surface area contributed by atoms with E-state index in [0.29, 0.717) is 0 Å². The summed E-state index contributed by atoms with van der Waals surface area (Å²) in [7, 11) is 1.77. The second-order valence-corrected chi connectivity index (χ2v) is 4.92. The number of benzene rings is 1. The third-order valence-electron chi connectivity index (χ3n) is 2.84. The van der Waals surface area contributed by atoms with Crippen LogP contribution in [-0.4, -0.2) is 32.8 Å². The molecule has 0 bridgehead atoms. The number of halogens is 1. The van der Waals surface area contributed by atoms with Crippen molar-refractivity contribution in [3.8, 4) is 0 Å². The van der Waals surface area contributed by atoms with Gasteiger partial charge in [-0.3, -0.25) is 0 Å². The van der Waals surface area contributed by atoms with E-state index in [1.807, 2.05) is 18.2 Å². The van der Waals surface area contributed by atoms with E-state index in [1.165, 1.54) is 10.4 Å². The number of nitrogens with one attached hydrogen (secondary N) is 1. The summed E-state index contributed by atoms with van der Waals surface area (Å²) < 4.78 is 0. The molecule has 1 unspecified atom stereocenters. The molecule has 5 nitrogen and oxygen atoms in total. The summed E-state index contributed by atoms with van der Waals surface area (Å²) in [5, 5.41) is 16.3. The van der Waals surface area contributed by atoms with Crippen LogP contribution in [0.5, 0.6) is 0 Å². The summed E-state index contributed by atoms with van der Waals surface area (Å²) in [4.78, 5) is 1.48. The lowest BCUT2D eigenvalue weighted by molar-refractivity contribution is 0.509. The highest BCUT2D eigenvalue weighted by Gasteiger charge is 2.13. The number of likely N-dealkylation sites (N-methyl/N-ethyl adjacent to an activating group) is 1. The Morgan fingerprint density at radius 3 is 2.84 bits per heavy atom. The maximum absolute atomic E-state index is 6.01. The maximum atomic E-state index is 6.01. The number of tetrazole rings is 1. The third kappa shape index (κ3) is 4.29. The Balaban J connectivity index is 2.03. The highest BCUT2D eigenvalue weighted by atomic mass is 35.5. The van der Waals surface area contributed by atoms with Gasteiger partial charge in [-0.1, -0.05) is 30.7 Å². The number of hydrogen-bond donors (Lipinski definition) is 1. The second-order valence-electron chi connectivity index (χ2n) is 4.49. The molecule has 0 aliphatic heterocycles. The molecule has 2 aromatic rings. The van der Waals surface area contributed by atoms with Gasteiger partial charge in [-0.2, -0.15) is 4.80 Å². The first-order chi connectivity index (χ1) is 9.17. The van der Waals surface area contributed by atoms with Gasteiger partial charge in [0.2, 0.25) is 0 Å². The van der Waals surface area contributed by atoms with Crippen molar-refractivity contribution in [2.45, 2.75) is 25.8 Å². The summed E-state index contributed by atoms with van der Waals surface area (Å²) in [5.74, 6) is 0.760. The van der Waals surface area contributed by atoms with Crippen LogP contribution in [-0.2, 0) is 19.9 Å². The van der Waals surface area contributed by atoms with Crippen molar-refractivity contribution in [2.75, 3.05) is 6.54 Å². The van der Waals surface area contributed by atoms with Crippen molar-refractivity contribution in [2.24, 2.45) is 7.05 Å². The van der Waals surface area contributed by atoms with Gasteiger partial charge in [-0.05, 0) is 35.9 Å². The van der Waals surface area contributed by atoms with Crippen LogP contribution in [0.1, 0.15) is 18.3 Å². The monoisotopic (exact) mass is 279 g/mol. The van der Waals surface area contributed by atoms with Crippen molar-refractivity contribution in [3.63, 3.8) is 0 Å². The lowest BCUT2D eigenvalue weighted by Crippen LogP contribution is -2.33. The van der Waals surface area contributed by atoms with Crippen LogP contribution in [0, 0.1) is 0 Å². The van der Waals surface area contributed by atoms with Gasteiger partial charge < -0.3 is 5.32 Å². The van der Waals surface area contributed by atoms with Crippen LogP contribution in [0.3, 0.4) is 0 Å². The van der Waals surface area contributed by atoms with E-state index in [9.17, 15) is 0 Å². The lowest BCUT2D eigenvalue weighted by atomic mass is 10.0. The molecule has 1 atom stereocenters. The van der Waals surface area contributed by atoms with E-state index < -0.39 is 0 Å². The minimum absolute atomic E-state index is 0.285. The summed E-state index contributed by atoms with van der Waals surface area (Å²) in [6.45, 7) is 3.00. The highest BCUT2D eigenvalue weighted by Crippen LogP contribution is 2.13. The normalized spacial score (nSPS) is 12.6. The van der Waals surface area contributed by atoms with Gasteiger partial charge in [0.1, 0.15) is 0 Å². The molecule has 1 N–H and O–H groups in total. The molecule has 1 heterocycles. The molecule has 0 aliphatic rings. The third-order valence-corrected chi connectivity index (χ3v) is 3.08. The van der Waals surface area contributed by atoms with E-state index in [0.717, 1.165) is 30.2 Å². The first kappa shape index (κ1) is 14.0. The maximum Gasteiger partial charge on any atom is 0.176 e. The molecule has 102 valence electrons. The quantitative estimate of drug-likeness (QED) is 0.873. The SMILES string of the molecule is CCNC(Cc1cccc(Cl)c1)Cc1nnn(C)n1. The molecule has 19 heavy (non-hydrogen) atoms. The predicted molar refractivity (Wildman–Crippen MR) is 75.1 cm³/mol. The van der Waals surface area contributed by atoms with Crippen LogP contribution in [0.4, 0.5) is 0 Å². The topological polar surface area (TPSA) is 55.6 Å². The summed E-state index contributed by atoms with van der Waals surface area (Å²) in [5.41, 5.74) is 1.21. The molecule has 0 spiro atoms. The Hall–Kier alpha value is -1.46. The zero-order valence-corrected chi connectivity index (χ0v) is 11.9. The molecule has 1 aromatic heterocycles. The Morgan fingerprint density at radius 1 is 1.37 bits per heavy atom. The van der Waals surface area contributed by atoms with Crippen molar-refractivity contribution < 1.29 is 0 Å². The molecule has 0 amide bonds. The zero-order chi connectivity index (χ0) is 13.7. The average molecular weight is 280 g/mol. The van der Waals surface area contributed by atoms with Gasteiger partial charge in [0.25, 0.3) is 0 Å². The molecule has 0 saturated carbocycles. The minimum atomic E-state index is 0.285. The standard InChI is InChI=1S/C13H18ClN5/c1-3-15-12(9-13-16-18-19(2)17-13)8-10-5-4-6-11(14)7-10/h4-7,12,15H,3,8-9H2,1-2H3. The molecule has 0 saturated heterocycles. The van der Waals surface area contributed by atoms with E-state index in [2.05, 4.69) is 33.7 Å². The Morgan fingerprint density at radius 2 is 2.21 bits per heavy atom. The summed E-state index contributed by atoms with van der Waals surface area (Å²) in [6, 6.07) is 8.22. The molecule has 1 aromatic carbocycles. The van der Waals surface area contributed by atoms with Crippen molar-refractivity contribution in [1.29, 1.82) is 0 Å². The fraction of sp³-hybridized carbons (Fsp3) is 0.462. The van der Waals surface area contributed by atoms with E-state index in [4.69, 9.17) is 11.6 Å². The first-order valence-corrected chi connectivity index (χ1v) is 6.76. The van der Waals surface area contributed by atoms with Crippen LogP contribution in [0.2, 0.25) is 5.02 Å². The number of rotatable bonds is 6. The van der Waals surface area contributed by atoms with E-state index in [-0.39, 0.29) is 6.04 Å². The van der Waals surface area contributed by atoms with Crippen LogP contribution >= 0.6 is 11.6 Å². The Labute approximate surface area is 118 Å². The molecule has 6 heteroatoms. The largest absolute Gasteiger partial charge is 0.313 e. The van der Waals surface area contributed by atoms with Crippen molar-refractivity contribution >= 4 is 11.6 Å². The average Bonchev–Trinajstić information content (AvgIpc) is 2.75. The molecule has 0 fully saturated rings. The zero-order valence-electron chi connectivity index (χ0n) is 11.2. The van der Waals surface area contributed by atoms with Gasteiger partial charge in [-0.25, -0.2) is 0 Å². The Kier molecular flexibility index (Phi) is 4.87. The molecular formula is C13H18ClN5. The van der Waals surface area contributed by atoms with Crippen LogP contribution < -0.4 is 5.32 Å². The fourth-order valence-electron chi connectivity index (χ4n) is 2.08. The van der Waals surface area contributed by atoms with Crippen LogP contribution in [0.25, 0.3) is 0 Å². The van der Waals surface area contributed by atoms with Gasteiger partial charge in [0, 0.05) is 17.5 Å². The molecular weight excluding hydrogens is 262 g/mol. The fourth-order valence-corrected chi connectivity index (χ4v) is 2.29. The van der Waals surface area contributed by atoms with E-state index >= 15 is 0 Å². The van der Waals surface area contributed by atoms with Crippen LogP contribution in [0.15, 0.2) is 24.3 Å². The first-order valence-electron chi connectivity index (χ1n) is 6.38. The molecule has 0 aliphatic carbocycles. The number of aryl methyl sites for hydroxylation is 1. The van der Waals surface area contributed by atoms with Crippen molar-refractivity contribution in [3.05, 3.63) is 40.7 Å². The lowest BCUT2D eigenvalue weighted by Gasteiger charge is -2.16. The van der Waals surface area contributed by atoms with Gasteiger partial charge >= 0.3 is 0 Å². The molecule has 2 rings (SSSR count). The molecule has 0 radical (unpaired) electrons. The second kappa shape index (κ2) is 6.63. The van der Waals surface area contributed by atoms with Gasteiger partial charge in [0.15, 0.2) is 5.82 Å².